The van der Waals surface area contributed by atoms with Crippen LogP contribution in [0.25, 0.3) is 11.1 Å². The minimum Gasteiger partial charge on any atom is -0.461 e. The van der Waals surface area contributed by atoms with Gasteiger partial charge in [0.25, 0.3) is 0 Å². The zero-order valence-electron chi connectivity index (χ0n) is 22.8. The lowest BCUT2D eigenvalue weighted by Crippen LogP contribution is -2.46. The molecule has 0 unspecified atom stereocenters. The Morgan fingerprint density at radius 2 is 1.46 bits per heavy atom. The molecular weight excluding hydrogens is 490 g/mol. The molecule has 3 aromatic carbocycles. The molecule has 0 radical (unpaired) electrons. The number of amides is 1. The molecule has 6 nitrogen and oxygen atoms in total. The van der Waals surface area contributed by atoms with Gasteiger partial charge in [0.1, 0.15) is 19.3 Å². The molecule has 202 valence electrons. The quantitative estimate of drug-likeness (QED) is 0.217. The zero-order valence-corrected chi connectivity index (χ0v) is 22.8. The highest BCUT2D eigenvalue weighted by molar-refractivity contribution is 5.92. The van der Waals surface area contributed by atoms with Crippen molar-refractivity contribution in [3.63, 3.8) is 0 Å². The Kier molecular flexibility index (Phi) is 8.65. The van der Waals surface area contributed by atoms with Gasteiger partial charge in [-0.05, 0) is 33.2 Å². The van der Waals surface area contributed by atoms with Crippen molar-refractivity contribution in [3.05, 3.63) is 108 Å². The third-order valence-corrected chi connectivity index (χ3v) is 7.36. The maximum Gasteiger partial charge on any atom is 0.410 e. The monoisotopic (exact) mass is 525 g/mol. The van der Waals surface area contributed by atoms with Gasteiger partial charge in [-0.25, -0.2) is 4.79 Å². The summed E-state index contributed by atoms with van der Waals surface area (Å²) in [5, 5.41) is 0. The fourth-order valence-corrected chi connectivity index (χ4v) is 5.20. The summed E-state index contributed by atoms with van der Waals surface area (Å²) in [5.74, 6) is -0.932. The lowest BCUT2D eigenvalue weighted by Gasteiger charge is -2.31. The highest BCUT2D eigenvalue weighted by Gasteiger charge is 2.36. The number of fused-ring (bicyclic) bond motifs is 3. The second kappa shape index (κ2) is 12.1. The molecule has 0 bridgehead atoms. The van der Waals surface area contributed by atoms with Crippen molar-refractivity contribution in [2.24, 2.45) is 0 Å². The number of ketones is 1. The smallest absolute Gasteiger partial charge is 0.410 e. The SMILES string of the molecule is C=CCOC(=O)C[C@@H](C(=O)CC(C)(C)c1ccccc1)N(C)C(=O)OCC1c2ccccc2-c2ccccc21. The van der Waals surface area contributed by atoms with Crippen molar-refractivity contribution in [2.45, 2.75) is 44.1 Å². The van der Waals surface area contributed by atoms with Crippen molar-refractivity contribution in [3.8, 4) is 11.1 Å². The largest absolute Gasteiger partial charge is 0.461 e. The van der Waals surface area contributed by atoms with E-state index in [0.29, 0.717) is 0 Å². The zero-order chi connectivity index (χ0) is 28.0. The van der Waals surface area contributed by atoms with Crippen LogP contribution in [0.3, 0.4) is 0 Å². The summed E-state index contributed by atoms with van der Waals surface area (Å²) < 4.78 is 10.9. The summed E-state index contributed by atoms with van der Waals surface area (Å²) in [6, 6.07) is 24.9. The number of nitrogens with zero attached hydrogens (tertiary/aromatic N) is 1. The van der Waals surface area contributed by atoms with Gasteiger partial charge in [-0.2, -0.15) is 0 Å². The Balaban J connectivity index is 1.50. The number of Topliss-reactive ketones (excluding diaryl/α,β-unsaturated/α-hetero) is 1. The third-order valence-electron chi connectivity index (χ3n) is 7.36. The van der Waals surface area contributed by atoms with Gasteiger partial charge >= 0.3 is 12.1 Å². The predicted molar refractivity (Wildman–Crippen MR) is 151 cm³/mol. The minimum absolute atomic E-state index is 0.0317. The summed E-state index contributed by atoms with van der Waals surface area (Å²) in [6.45, 7) is 7.65. The number of hydrogen-bond donors (Lipinski definition) is 0. The van der Waals surface area contributed by atoms with Gasteiger partial charge in [0.2, 0.25) is 0 Å². The first kappa shape index (κ1) is 27.8. The van der Waals surface area contributed by atoms with Gasteiger partial charge in [-0.3, -0.25) is 9.59 Å². The van der Waals surface area contributed by atoms with E-state index in [1.807, 2.05) is 80.6 Å². The summed E-state index contributed by atoms with van der Waals surface area (Å²) >= 11 is 0. The molecule has 39 heavy (non-hydrogen) atoms. The van der Waals surface area contributed by atoms with Crippen LogP contribution in [0.5, 0.6) is 0 Å². The maximum absolute atomic E-state index is 13.6. The van der Waals surface area contributed by atoms with Crippen LogP contribution >= 0.6 is 0 Å². The molecule has 0 aliphatic heterocycles. The molecular formula is C33H35NO5. The van der Waals surface area contributed by atoms with Crippen molar-refractivity contribution >= 4 is 17.8 Å². The van der Waals surface area contributed by atoms with E-state index in [1.54, 1.807) is 0 Å². The summed E-state index contributed by atoms with van der Waals surface area (Å²) in [6.07, 6.45) is 0.669. The Hall–Kier alpha value is -4.19. The average molecular weight is 526 g/mol. The standard InChI is InChI=1S/C33H35NO5/c1-5-19-38-31(36)20-29(30(35)21-33(2,3)23-13-7-6-8-14-23)34(4)32(37)39-22-28-26-17-11-9-15-24(26)25-16-10-12-18-27(25)28/h5-18,28-29H,1,19-22H2,2-4H3/t29-/m0/s1. The molecule has 0 fully saturated rings. The van der Waals surface area contributed by atoms with E-state index in [9.17, 15) is 14.4 Å². The molecule has 0 N–H and O–H groups in total. The first-order valence-corrected chi connectivity index (χ1v) is 13.2. The van der Waals surface area contributed by atoms with Gasteiger partial charge in [-0.15, -0.1) is 0 Å². The normalized spacial score (nSPS) is 13.1. The number of carbonyl (C=O) groups excluding carboxylic acids is 3. The topological polar surface area (TPSA) is 72.9 Å². The molecule has 0 heterocycles. The Bertz CT molecular complexity index is 1300. The Labute approximate surface area is 230 Å². The van der Waals surface area contributed by atoms with Crippen molar-refractivity contribution in [1.82, 2.24) is 4.90 Å². The van der Waals surface area contributed by atoms with E-state index in [2.05, 4.69) is 18.7 Å². The summed E-state index contributed by atoms with van der Waals surface area (Å²) in [7, 11) is 1.50. The molecule has 0 spiro atoms. The van der Waals surface area contributed by atoms with Gasteiger partial charge in [0, 0.05) is 19.4 Å². The number of esters is 1. The molecule has 1 amide bonds. The van der Waals surface area contributed by atoms with Crippen molar-refractivity contribution in [2.75, 3.05) is 20.3 Å². The van der Waals surface area contributed by atoms with Crippen molar-refractivity contribution < 1.29 is 23.9 Å². The minimum atomic E-state index is -1.03. The van der Waals surface area contributed by atoms with Crippen LogP contribution in [0.2, 0.25) is 0 Å². The first-order valence-electron chi connectivity index (χ1n) is 13.2. The fraction of sp³-hybridized carbons (Fsp3) is 0.303. The van der Waals surface area contributed by atoms with E-state index in [0.717, 1.165) is 27.8 Å². The first-order chi connectivity index (χ1) is 18.7. The second-order valence-electron chi connectivity index (χ2n) is 10.5. The summed E-state index contributed by atoms with van der Waals surface area (Å²) in [4.78, 5) is 40.6. The Morgan fingerprint density at radius 1 is 0.897 bits per heavy atom. The maximum atomic E-state index is 13.6. The highest BCUT2D eigenvalue weighted by Crippen LogP contribution is 2.44. The average Bonchev–Trinajstić information content (AvgIpc) is 3.27. The van der Waals surface area contributed by atoms with Crippen LogP contribution in [0, 0.1) is 0 Å². The van der Waals surface area contributed by atoms with Crippen LogP contribution in [0.1, 0.15) is 49.3 Å². The number of hydrogen-bond acceptors (Lipinski definition) is 5. The molecule has 0 saturated carbocycles. The van der Waals surface area contributed by atoms with Gasteiger partial charge in [0.15, 0.2) is 5.78 Å². The third kappa shape index (κ3) is 6.28. The molecule has 1 aliphatic rings. The van der Waals surface area contributed by atoms with E-state index in [-0.39, 0.29) is 37.8 Å². The molecule has 1 aliphatic carbocycles. The van der Waals surface area contributed by atoms with Gasteiger partial charge in [0.05, 0.1) is 6.42 Å². The van der Waals surface area contributed by atoms with Crippen LogP contribution in [0.15, 0.2) is 91.5 Å². The molecule has 3 aromatic rings. The fourth-order valence-electron chi connectivity index (χ4n) is 5.20. The van der Waals surface area contributed by atoms with E-state index in [1.165, 1.54) is 18.0 Å². The van der Waals surface area contributed by atoms with Crippen molar-refractivity contribution in [1.29, 1.82) is 0 Å². The van der Waals surface area contributed by atoms with Crippen LogP contribution in [-0.2, 0) is 24.5 Å². The molecule has 1 atom stereocenters. The van der Waals surface area contributed by atoms with Crippen LogP contribution in [-0.4, -0.2) is 49.0 Å². The van der Waals surface area contributed by atoms with Crippen LogP contribution < -0.4 is 0 Å². The molecule has 6 heteroatoms. The van der Waals surface area contributed by atoms with E-state index < -0.39 is 23.5 Å². The lowest BCUT2D eigenvalue weighted by atomic mass is 9.78. The second-order valence-corrected chi connectivity index (χ2v) is 10.5. The van der Waals surface area contributed by atoms with E-state index >= 15 is 0 Å². The number of benzene rings is 3. The number of likely N-dealkylation sites (N-methyl/N-ethyl adjacent to an activating group) is 1. The number of rotatable bonds is 11. The summed E-state index contributed by atoms with van der Waals surface area (Å²) in [5.41, 5.74) is 4.95. The number of ether oxygens (including phenoxy) is 2. The highest BCUT2D eigenvalue weighted by atomic mass is 16.6. The molecule has 4 rings (SSSR count). The Morgan fingerprint density at radius 3 is 2.05 bits per heavy atom. The molecule has 0 saturated heterocycles. The molecule has 0 aromatic heterocycles. The van der Waals surface area contributed by atoms with Crippen LogP contribution in [0.4, 0.5) is 4.79 Å². The number of carbonyl (C=O) groups is 3. The van der Waals surface area contributed by atoms with E-state index in [4.69, 9.17) is 9.47 Å². The van der Waals surface area contributed by atoms with Gasteiger partial charge < -0.3 is 14.4 Å². The predicted octanol–water partition coefficient (Wildman–Crippen LogP) is 6.29. The lowest BCUT2D eigenvalue weighted by molar-refractivity contribution is -0.145. The van der Waals surface area contributed by atoms with Gasteiger partial charge in [-0.1, -0.05) is 105 Å².